The molecule has 3 aromatic rings. The molecule has 1 amide bonds. The number of thiazole rings is 1. The minimum absolute atomic E-state index is 0.237. The van der Waals surface area contributed by atoms with Gasteiger partial charge in [-0.1, -0.05) is 23.8 Å². The molecule has 6 heteroatoms. The number of nitrogens with zero attached hydrogens (tertiary/aromatic N) is 3. The van der Waals surface area contributed by atoms with E-state index in [0.29, 0.717) is 10.8 Å². The number of benzene rings is 1. The maximum Gasteiger partial charge on any atom is 0.277 e. The largest absolute Gasteiger partial charge is 0.296 e. The summed E-state index contributed by atoms with van der Waals surface area (Å²) in [6, 6.07) is 7.97. The summed E-state index contributed by atoms with van der Waals surface area (Å²) in [7, 11) is 0. The minimum atomic E-state index is -0.237. The third kappa shape index (κ3) is 3.32. The van der Waals surface area contributed by atoms with Crippen molar-refractivity contribution in [2.45, 2.75) is 27.3 Å². The second-order valence-electron chi connectivity index (χ2n) is 5.37. The normalized spacial score (nSPS) is 10.7. The van der Waals surface area contributed by atoms with E-state index in [4.69, 9.17) is 0 Å². The van der Waals surface area contributed by atoms with Crippen molar-refractivity contribution in [3.8, 4) is 11.3 Å². The van der Waals surface area contributed by atoms with Crippen LogP contribution in [0, 0.1) is 13.8 Å². The van der Waals surface area contributed by atoms with Gasteiger partial charge < -0.3 is 0 Å². The molecule has 0 unspecified atom stereocenters. The average molecular weight is 326 g/mol. The van der Waals surface area contributed by atoms with Crippen LogP contribution in [0.4, 0.5) is 5.13 Å². The third-order valence-electron chi connectivity index (χ3n) is 3.58. The van der Waals surface area contributed by atoms with Gasteiger partial charge in [0.05, 0.1) is 5.69 Å². The Morgan fingerprint density at radius 2 is 2.13 bits per heavy atom. The Hall–Kier alpha value is -2.47. The molecule has 0 fully saturated rings. The van der Waals surface area contributed by atoms with Gasteiger partial charge in [-0.15, -0.1) is 11.3 Å². The van der Waals surface area contributed by atoms with Gasteiger partial charge in [-0.05, 0) is 32.4 Å². The standard InChI is InChI=1S/C17H18N4OS/c1-4-21-8-7-14(20-21)16(22)19-17-18-15(10-23-17)13-6-5-11(2)9-12(13)3/h5-10H,4H2,1-3H3,(H,18,19,22). The fourth-order valence-corrected chi connectivity index (χ4v) is 3.08. The Morgan fingerprint density at radius 1 is 1.30 bits per heavy atom. The molecule has 0 aliphatic rings. The molecule has 0 aliphatic heterocycles. The van der Waals surface area contributed by atoms with Crippen molar-refractivity contribution in [3.63, 3.8) is 0 Å². The number of carbonyl (C=O) groups is 1. The first kappa shape index (κ1) is 15.4. The van der Waals surface area contributed by atoms with Crippen LogP contribution in [0.2, 0.25) is 0 Å². The molecule has 1 aromatic carbocycles. The summed E-state index contributed by atoms with van der Waals surface area (Å²) in [5, 5.41) is 9.54. The van der Waals surface area contributed by atoms with Crippen LogP contribution >= 0.6 is 11.3 Å². The highest BCUT2D eigenvalue weighted by Gasteiger charge is 2.13. The lowest BCUT2D eigenvalue weighted by Gasteiger charge is -2.03. The molecule has 0 atom stereocenters. The summed E-state index contributed by atoms with van der Waals surface area (Å²) in [5.74, 6) is -0.237. The predicted molar refractivity (Wildman–Crippen MR) is 92.9 cm³/mol. The third-order valence-corrected chi connectivity index (χ3v) is 4.34. The highest BCUT2D eigenvalue weighted by molar-refractivity contribution is 7.14. The molecular formula is C17H18N4OS. The van der Waals surface area contributed by atoms with Crippen LogP contribution in [0.5, 0.6) is 0 Å². The highest BCUT2D eigenvalue weighted by atomic mass is 32.1. The number of rotatable bonds is 4. The van der Waals surface area contributed by atoms with Gasteiger partial charge >= 0.3 is 0 Å². The number of nitrogens with one attached hydrogen (secondary N) is 1. The molecule has 5 nitrogen and oxygen atoms in total. The summed E-state index contributed by atoms with van der Waals surface area (Å²) in [6.45, 7) is 6.85. The fraction of sp³-hybridized carbons (Fsp3) is 0.235. The van der Waals surface area contributed by atoms with Crippen LogP contribution in [0.15, 0.2) is 35.8 Å². The molecule has 0 saturated heterocycles. The molecule has 1 N–H and O–H groups in total. The van der Waals surface area contributed by atoms with Gasteiger partial charge in [-0.3, -0.25) is 14.8 Å². The van der Waals surface area contributed by atoms with Gasteiger partial charge in [-0.25, -0.2) is 4.98 Å². The van der Waals surface area contributed by atoms with Crippen LogP contribution in [-0.4, -0.2) is 20.7 Å². The first-order valence-electron chi connectivity index (χ1n) is 7.45. The first-order valence-corrected chi connectivity index (χ1v) is 8.32. The van der Waals surface area contributed by atoms with Crippen LogP contribution in [0.3, 0.4) is 0 Å². The van der Waals surface area contributed by atoms with Gasteiger partial charge in [0.1, 0.15) is 0 Å². The van der Waals surface area contributed by atoms with E-state index in [2.05, 4.69) is 47.4 Å². The molecule has 23 heavy (non-hydrogen) atoms. The molecule has 0 spiro atoms. The summed E-state index contributed by atoms with van der Waals surface area (Å²) in [6.07, 6.45) is 1.79. The second kappa shape index (κ2) is 6.34. The van der Waals surface area contributed by atoms with E-state index in [1.165, 1.54) is 22.5 Å². The summed E-state index contributed by atoms with van der Waals surface area (Å²) in [5.41, 5.74) is 4.76. The van der Waals surface area contributed by atoms with Crippen LogP contribution in [0.25, 0.3) is 11.3 Å². The lowest BCUT2D eigenvalue weighted by atomic mass is 10.0. The molecule has 118 valence electrons. The van der Waals surface area contributed by atoms with E-state index in [0.717, 1.165) is 17.8 Å². The Kier molecular flexibility index (Phi) is 4.25. The number of anilines is 1. The SMILES string of the molecule is CCn1ccc(C(=O)Nc2nc(-c3ccc(C)cc3C)cs2)n1. The maximum absolute atomic E-state index is 12.2. The van der Waals surface area contributed by atoms with Crippen molar-refractivity contribution in [1.29, 1.82) is 0 Å². The Bertz CT molecular complexity index is 850. The number of hydrogen-bond donors (Lipinski definition) is 1. The molecule has 2 aromatic heterocycles. The summed E-state index contributed by atoms with van der Waals surface area (Å²) in [4.78, 5) is 16.7. The van der Waals surface area contributed by atoms with Gasteiger partial charge in [-0.2, -0.15) is 5.10 Å². The molecular weight excluding hydrogens is 308 g/mol. The first-order chi connectivity index (χ1) is 11.1. The number of amides is 1. The van der Waals surface area contributed by atoms with Crippen LogP contribution < -0.4 is 5.32 Å². The molecule has 0 bridgehead atoms. The zero-order valence-corrected chi connectivity index (χ0v) is 14.1. The van der Waals surface area contributed by atoms with Gasteiger partial charge in [0.2, 0.25) is 0 Å². The minimum Gasteiger partial charge on any atom is -0.296 e. The van der Waals surface area contributed by atoms with E-state index in [9.17, 15) is 4.79 Å². The Morgan fingerprint density at radius 3 is 2.83 bits per heavy atom. The number of hydrogen-bond acceptors (Lipinski definition) is 4. The Labute approximate surface area is 139 Å². The predicted octanol–water partition coefficient (Wildman–Crippen LogP) is 3.90. The van der Waals surface area contributed by atoms with Crippen molar-refractivity contribution in [3.05, 3.63) is 52.7 Å². The van der Waals surface area contributed by atoms with E-state index >= 15 is 0 Å². The summed E-state index contributed by atoms with van der Waals surface area (Å²) < 4.78 is 1.72. The lowest BCUT2D eigenvalue weighted by molar-refractivity contribution is 0.102. The average Bonchev–Trinajstić information content (AvgIpc) is 3.16. The van der Waals surface area contributed by atoms with Crippen molar-refractivity contribution in [1.82, 2.24) is 14.8 Å². The van der Waals surface area contributed by atoms with E-state index in [-0.39, 0.29) is 5.91 Å². The van der Waals surface area contributed by atoms with E-state index < -0.39 is 0 Å². The molecule has 2 heterocycles. The number of aryl methyl sites for hydroxylation is 3. The van der Waals surface area contributed by atoms with E-state index in [1.807, 2.05) is 12.3 Å². The topological polar surface area (TPSA) is 59.8 Å². The molecule has 3 rings (SSSR count). The zero-order valence-electron chi connectivity index (χ0n) is 13.3. The molecule has 0 radical (unpaired) electrons. The van der Waals surface area contributed by atoms with E-state index in [1.54, 1.807) is 16.9 Å². The van der Waals surface area contributed by atoms with Gasteiger partial charge in [0.25, 0.3) is 5.91 Å². The van der Waals surface area contributed by atoms with Crippen molar-refractivity contribution >= 4 is 22.4 Å². The van der Waals surface area contributed by atoms with Crippen LogP contribution in [0.1, 0.15) is 28.5 Å². The lowest BCUT2D eigenvalue weighted by Crippen LogP contribution is -2.13. The van der Waals surface area contributed by atoms with Crippen molar-refractivity contribution < 1.29 is 4.79 Å². The summed E-state index contributed by atoms with van der Waals surface area (Å²) >= 11 is 1.42. The van der Waals surface area contributed by atoms with Crippen molar-refractivity contribution in [2.24, 2.45) is 0 Å². The van der Waals surface area contributed by atoms with Crippen molar-refractivity contribution in [2.75, 3.05) is 5.32 Å². The second-order valence-corrected chi connectivity index (χ2v) is 6.23. The smallest absolute Gasteiger partial charge is 0.277 e. The highest BCUT2D eigenvalue weighted by Crippen LogP contribution is 2.28. The fourth-order valence-electron chi connectivity index (χ4n) is 2.38. The number of aromatic nitrogens is 3. The monoisotopic (exact) mass is 326 g/mol. The quantitative estimate of drug-likeness (QED) is 0.791. The molecule has 0 aliphatic carbocycles. The Balaban J connectivity index is 1.78. The van der Waals surface area contributed by atoms with Gasteiger partial charge in [0.15, 0.2) is 10.8 Å². The number of carbonyl (C=O) groups excluding carboxylic acids is 1. The van der Waals surface area contributed by atoms with Crippen LogP contribution in [-0.2, 0) is 6.54 Å². The maximum atomic E-state index is 12.2. The zero-order chi connectivity index (χ0) is 16.4. The molecule has 0 saturated carbocycles. The van der Waals surface area contributed by atoms with Gasteiger partial charge in [0, 0.05) is 23.7 Å².